The number of hydrogen-bond acceptors (Lipinski definition) is 5. The van der Waals surface area contributed by atoms with Crippen LogP contribution in [0.2, 0.25) is 0 Å². The number of carbonyl (C=O) groups is 1. The zero-order chi connectivity index (χ0) is 29.2. The Balaban J connectivity index is 1.20. The van der Waals surface area contributed by atoms with E-state index >= 15 is 0 Å². The van der Waals surface area contributed by atoms with Crippen LogP contribution in [-0.4, -0.2) is 38.3 Å². The summed E-state index contributed by atoms with van der Waals surface area (Å²) in [5.74, 6) is -2.93. The second-order valence-corrected chi connectivity index (χ2v) is 11.9. The van der Waals surface area contributed by atoms with Crippen molar-refractivity contribution in [3.05, 3.63) is 90.8 Å². The molecule has 2 N–H and O–H groups in total. The molecular formula is C29H26F5N3O3S. The van der Waals surface area contributed by atoms with Crippen LogP contribution in [0.15, 0.2) is 46.6 Å². The average molecular weight is 592 g/mol. The summed E-state index contributed by atoms with van der Waals surface area (Å²) >= 11 is 1.52. The maximum Gasteiger partial charge on any atom is 0.416 e. The second kappa shape index (κ2) is 9.87. The molecule has 1 fully saturated rings. The molecule has 216 valence electrons. The van der Waals surface area contributed by atoms with Crippen LogP contribution in [0.4, 0.5) is 22.0 Å². The Morgan fingerprint density at radius 2 is 1.93 bits per heavy atom. The van der Waals surface area contributed by atoms with Crippen LogP contribution in [0.25, 0.3) is 5.57 Å². The minimum atomic E-state index is -4.62. The van der Waals surface area contributed by atoms with Gasteiger partial charge in [-0.05, 0) is 59.5 Å². The van der Waals surface area contributed by atoms with Crippen LogP contribution >= 0.6 is 11.3 Å². The maximum absolute atomic E-state index is 13.6. The molecule has 3 aromatic rings. The number of carbonyl (C=O) groups excluding carboxylic acids is 1. The van der Waals surface area contributed by atoms with E-state index in [0.717, 1.165) is 47.1 Å². The summed E-state index contributed by atoms with van der Waals surface area (Å²) in [5.41, 5.74) is 0.630. The molecule has 41 heavy (non-hydrogen) atoms. The smallest absolute Gasteiger partial charge is 0.378 e. The van der Waals surface area contributed by atoms with Gasteiger partial charge in [0.1, 0.15) is 5.82 Å². The molecule has 2 aromatic heterocycles. The molecular weight excluding hydrogens is 565 g/mol. The van der Waals surface area contributed by atoms with Gasteiger partial charge in [0.2, 0.25) is 0 Å². The SMILES string of the molecule is O=C(C(O)c1cccc(C(F)(F)F)c1)N1CCc2nc(C3(c4cc(C5=CCC(F)(F)CC5)cs4)CC3)[nH]c(=O)c2C1. The number of nitrogens with zero attached hydrogens (tertiary/aromatic N) is 2. The molecule has 2 aliphatic carbocycles. The molecule has 6 nitrogen and oxygen atoms in total. The molecule has 0 bridgehead atoms. The number of aliphatic hydroxyl groups is 1. The lowest BCUT2D eigenvalue weighted by Gasteiger charge is -2.30. The first-order chi connectivity index (χ1) is 19.4. The number of aromatic nitrogens is 2. The summed E-state index contributed by atoms with van der Waals surface area (Å²) in [7, 11) is 0. The van der Waals surface area contributed by atoms with E-state index in [2.05, 4.69) is 4.98 Å². The summed E-state index contributed by atoms with van der Waals surface area (Å²) < 4.78 is 66.4. The van der Waals surface area contributed by atoms with E-state index in [4.69, 9.17) is 4.98 Å². The minimum Gasteiger partial charge on any atom is -0.378 e. The normalized spacial score (nSPS) is 20.2. The molecule has 1 atom stereocenters. The van der Waals surface area contributed by atoms with Crippen LogP contribution < -0.4 is 5.56 Å². The maximum atomic E-state index is 13.6. The lowest BCUT2D eigenvalue weighted by atomic mass is 9.92. The van der Waals surface area contributed by atoms with Crippen molar-refractivity contribution in [1.29, 1.82) is 0 Å². The van der Waals surface area contributed by atoms with Crippen molar-refractivity contribution in [2.75, 3.05) is 6.54 Å². The molecule has 12 heteroatoms. The number of halogens is 5. The summed E-state index contributed by atoms with van der Waals surface area (Å²) in [6.07, 6.45) is -3.15. The Bertz CT molecular complexity index is 1610. The number of thiophene rings is 1. The predicted molar refractivity (Wildman–Crippen MR) is 141 cm³/mol. The van der Waals surface area contributed by atoms with E-state index in [-0.39, 0.29) is 43.5 Å². The van der Waals surface area contributed by atoms with Gasteiger partial charge in [-0.2, -0.15) is 13.2 Å². The van der Waals surface area contributed by atoms with Crippen molar-refractivity contribution in [3.63, 3.8) is 0 Å². The fourth-order valence-corrected chi connectivity index (χ4v) is 6.77. The van der Waals surface area contributed by atoms with Gasteiger partial charge in [-0.1, -0.05) is 18.2 Å². The van der Waals surface area contributed by atoms with Gasteiger partial charge < -0.3 is 15.0 Å². The van der Waals surface area contributed by atoms with Gasteiger partial charge in [-0.25, -0.2) is 13.8 Å². The molecule has 3 heterocycles. The van der Waals surface area contributed by atoms with Crippen molar-refractivity contribution in [2.24, 2.45) is 0 Å². The Morgan fingerprint density at radius 1 is 1.15 bits per heavy atom. The number of benzene rings is 1. The van der Waals surface area contributed by atoms with Crippen LogP contribution in [0.3, 0.4) is 0 Å². The number of amides is 1. The number of aliphatic hydroxyl groups excluding tert-OH is 1. The molecule has 0 spiro atoms. The molecule has 1 unspecified atom stereocenters. The zero-order valence-electron chi connectivity index (χ0n) is 21.7. The molecule has 0 radical (unpaired) electrons. The van der Waals surface area contributed by atoms with E-state index < -0.39 is 40.6 Å². The standard InChI is InChI=1S/C29H26F5N3O3S/c30-28(31)7-4-16(5-8-28)18-13-22(41-15-18)27(9-10-27)26-35-21-6-11-37(14-20(21)24(39)36-26)25(40)23(38)17-2-1-3-19(12-17)29(32,33)34/h1-4,12-13,15,23,38H,5-11,14H2,(H,35,36,39). The van der Waals surface area contributed by atoms with E-state index in [0.29, 0.717) is 17.9 Å². The van der Waals surface area contributed by atoms with Crippen molar-refractivity contribution in [2.45, 2.75) is 68.7 Å². The van der Waals surface area contributed by atoms with Crippen molar-refractivity contribution < 1.29 is 31.9 Å². The first kappa shape index (κ1) is 27.8. The third-order valence-corrected chi connectivity index (χ3v) is 9.33. The van der Waals surface area contributed by atoms with Crippen LogP contribution in [0, 0.1) is 0 Å². The highest BCUT2D eigenvalue weighted by molar-refractivity contribution is 7.10. The number of fused-ring (bicyclic) bond motifs is 1. The number of allylic oxidation sites excluding steroid dienone is 2. The molecule has 0 saturated heterocycles. The monoisotopic (exact) mass is 591 g/mol. The number of hydrogen-bond donors (Lipinski definition) is 2. The Kier molecular flexibility index (Phi) is 6.68. The van der Waals surface area contributed by atoms with E-state index in [1.165, 1.54) is 22.3 Å². The van der Waals surface area contributed by atoms with Crippen molar-refractivity contribution >= 4 is 22.8 Å². The highest BCUT2D eigenvalue weighted by Crippen LogP contribution is 2.54. The van der Waals surface area contributed by atoms with E-state index in [1.54, 1.807) is 6.08 Å². The number of nitrogens with one attached hydrogen (secondary N) is 1. The number of alkyl halides is 5. The molecule has 1 amide bonds. The topological polar surface area (TPSA) is 86.3 Å². The fourth-order valence-electron chi connectivity index (χ4n) is 5.58. The second-order valence-electron chi connectivity index (χ2n) is 10.9. The lowest BCUT2D eigenvalue weighted by Crippen LogP contribution is -2.42. The average Bonchev–Trinajstić information content (AvgIpc) is 3.61. The number of H-pyrrole nitrogens is 1. The molecule has 6 rings (SSSR count). The number of rotatable bonds is 5. The quantitative estimate of drug-likeness (QED) is 0.370. The van der Waals surface area contributed by atoms with E-state index in [9.17, 15) is 36.6 Å². The summed E-state index contributed by atoms with van der Waals surface area (Å²) in [6, 6.07) is 5.99. The number of aromatic amines is 1. The first-order valence-electron chi connectivity index (χ1n) is 13.3. The summed E-state index contributed by atoms with van der Waals surface area (Å²) in [4.78, 5) is 36.1. The Labute approximate surface area is 235 Å². The molecule has 1 aliphatic heterocycles. The van der Waals surface area contributed by atoms with Gasteiger partial charge >= 0.3 is 6.18 Å². The minimum absolute atomic E-state index is 0.123. The summed E-state index contributed by atoms with van der Waals surface area (Å²) in [5, 5.41) is 12.5. The Morgan fingerprint density at radius 3 is 2.61 bits per heavy atom. The van der Waals surface area contributed by atoms with E-state index in [1.807, 2.05) is 11.4 Å². The van der Waals surface area contributed by atoms with Crippen LogP contribution in [-0.2, 0) is 29.4 Å². The third-order valence-electron chi connectivity index (χ3n) is 8.20. The molecule has 1 aromatic carbocycles. The molecule has 3 aliphatic rings. The van der Waals surface area contributed by atoms with Crippen LogP contribution in [0.1, 0.15) is 76.9 Å². The predicted octanol–water partition coefficient (Wildman–Crippen LogP) is 5.75. The van der Waals surface area contributed by atoms with Crippen LogP contribution in [0.5, 0.6) is 0 Å². The highest BCUT2D eigenvalue weighted by atomic mass is 32.1. The largest absolute Gasteiger partial charge is 0.416 e. The molecule has 1 saturated carbocycles. The zero-order valence-corrected chi connectivity index (χ0v) is 22.5. The first-order valence-corrected chi connectivity index (χ1v) is 14.2. The van der Waals surface area contributed by atoms with Gasteiger partial charge in [0.25, 0.3) is 17.4 Å². The van der Waals surface area contributed by atoms with Crippen molar-refractivity contribution in [3.8, 4) is 0 Å². The van der Waals surface area contributed by atoms with Gasteiger partial charge in [-0.15, -0.1) is 11.3 Å². The van der Waals surface area contributed by atoms with Gasteiger partial charge in [-0.3, -0.25) is 9.59 Å². The highest BCUT2D eigenvalue weighted by Gasteiger charge is 2.50. The van der Waals surface area contributed by atoms with Crippen molar-refractivity contribution in [1.82, 2.24) is 14.9 Å². The van der Waals surface area contributed by atoms with Gasteiger partial charge in [0.15, 0.2) is 6.10 Å². The Hall–Kier alpha value is -3.38. The fraction of sp³-hybridized carbons (Fsp3) is 0.414. The van der Waals surface area contributed by atoms with Gasteiger partial charge in [0, 0.05) is 30.7 Å². The third kappa shape index (κ3) is 5.23. The van der Waals surface area contributed by atoms with Gasteiger partial charge in [0.05, 0.1) is 28.8 Å². The lowest BCUT2D eigenvalue weighted by molar-refractivity contribution is -0.142. The summed E-state index contributed by atoms with van der Waals surface area (Å²) in [6.45, 7) is 0.0222.